The van der Waals surface area contributed by atoms with Crippen LogP contribution in [-0.4, -0.2) is 62.8 Å². The van der Waals surface area contributed by atoms with Crippen molar-refractivity contribution >= 4 is 27.3 Å². The third-order valence-electron chi connectivity index (χ3n) is 5.45. The van der Waals surface area contributed by atoms with Crippen LogP contribution in [0.4, 0.5) is 0 Å². The summed E-state index contributed by atoms with van der Waals surface area (Å²) in [5, 5.41) is 4.61. The molecule has 8 heteroatoms. The van der Waals surface area contributed by atoms with Crippen molar-refractivity contribution in [2.24, 2.45) is 5.92 Å². The van der Waals surface area contributed by atoms with Crippen LogP contribution in [0.1, 0.15) is 55.1 Å². The molecule has 1 N–H and O–H groups in total. The molecule has 152 valence electrons. The Bertz CT molecular complexity index is 726. The van der Waals surface area contributed by atoms with Crippen LogP contribution in [0, 0.1) is 5.92 Å². The van der Waals surface area contributed by atoms with Crippen LogP contribution in [-0.2, 0) is 10.0 Å². The minimum absolute atomic E-state index is 0.164. The first-order valence-electron chi connectivity index (χ1n) is 10.1. The first kappa shape index (κ1) is 20.8. The number of hydrogen-bond donors (Lipinski definition) is 1. The number of piperidine rings is 2. The van der Waals surface area contributed by atoms with Crippen molar-refractivity contribution in [1.82, 2.24) is 14.5 Å². The van der Waals surface area contributed by atoms with Gasteiger partial charge >= 0.3 is 0 Å². The summed E-state index contributed by atoms with van der Waals surface area (Å²) in [5.74, 6) is 0.481. The standard InChI is InChI=1S/C19H31N3O3S2/c1-16-7-5-10-21(15-16)11-6-9-20-19(23)18-17(8-14-26-18)27(24,25)22-12-3-2-4-13-22/h8,14,16H,2-7,9-13,15H2,1H3,(H,20,23). The number of rotatable bonds is 7. The molecule has 1 aromatic heterocycles. The third-order valence-corrected chi connectivity index (χ3v) is 8.43. The fraction of sp³-hybridized carbons (Fsp3) is 0.737. The van der Waals surface area contributed by atoms with Gasteiger partial charge in [-0.15, -0.1) is 11.3 Å². The summed E-state index contributed by atoms with van der Waals surface area (Å²) in [7, 11) is -3.57. The van der Waals surface area contributed by atoms with Gasteiger partial charge in [0.15, 0.2) is 0 Å². The summed E-state index contributed by atoms with van der Waals surface area (Å²) in [6.07, 6.45) is 6.29. The summed E-state index contributed by atoms with van der Waals surface area (Å²) in [4.78, 5) is 15.5. The minimum Gasteiger partial charge on any atom is -0.351 e. The molecule has 2 fully saturated rings. The second-order valence-corrected chi connectivity index (χ2v) is 10.6. The highest BCUT2D eigenvalue weighted by atomic mass is 32.2. The quantitative estimate of drug-likeness (QED) is 0.698. The van der Waals surface area contributed by atoms with Crippen LogP contribution >= 0.6 is 11.3 Å². The molecule has 0 bridgehead atoms. The molecule has 27 heavy (non-hydrogen) atoms. The Kier molecular flexibility index (Phi) is 7.30. The van der Waals surface area contributed by atoms with E-state index < -0.39 is 10.0 Å². The Morgan fingerprint density at radius 1 is 1.22 bits per heavy atom. The van der Waals surface area contributed by atoms with Crippen molar-refractivity contribution in [2.45, 2.75) is 50.3 Å². The van der Waals surface area contributed by atoms with Crippen LogP contribution in [0.15, 0.2) is 16.3 Å². The van der Waals surface area contributed by atoms with Gasteiger partial charge in [-0.2, -0.15) is 4.31 Å². The number of nitrogens with one attached hydrogen (secondary N) is 1. The Balaban J connectivity index is 1.53. The number of hydrogen-bond acceptors (Lipinski definition) is 5. The zero-order chi connectivity index (χ0) is 19.3. The highest BCUT2D eigenvalue weighted by Crippen LogP contribution is 2.27. The molecule has 2 saturated heterocycles. The van der Waals surface area contributed by atoms with Crippen LogP contribution in [0.5, 0.6) is 0 Å². The lowest BCUT2D eigenvalue weighted by molar-refractivity contribution is 0.0951. The second kappa shape index (κ2) is 9.49. The number of sulfonamides is 1. The molecule has 0 saturated carbocycles. The van der Waals surface area contributed by atoms with E-state index in [0.29, 0.717) is 24.5 Å². The molecule has 3 heterocycles. The third kappa shape index (κ3) is 5.31. The maximum absolute atomic E-state index is 12.9. The Morgan fingerprint density at radius 2 is 2.00 bits per heavy atom. The molecule has 1 atom stereocenters. The van der Waals surface area contributed by atoms with Gasteiger partial charge < -0.3 is 10.2 Å². The van der Waals surface area contributed by atoms with Crippen LogP contribution < -0.4 is 5.32 Å². The van der Waals surface area contributed by atoms with Crippen LogP contribution in [0.2, 0.25) is 0 Å². The number of likely N-dealkylation sites (tertiary alicyclic amines) is 1. The maximum atomic E-state index is 12.9. The van der Waals surface area contributed by atoms with E-state index in [1.54, 1.807) is 11.4 Å². The van der Waals surface area contributed by atoms with E-state index in [-0.39, 0.29) is 10.8 Å². The van der Waals surface area contributed by atoms with Gasteiger partial charge in [0, 0.05) is 26.2 Å². The molecule has 3 rings (SSSR count). The van der Waals surface area contributed by atoms with Crippen LogP contribution in [0.3, 0.4) is 0 Å². The average molecular weight is 414 g/mol. The van der Waals surface area contributed by atoms with Gasteiger partial charge in [-0.05, 0) is 62.6 Å². The monoisotopic (exact) mass is 413 g/mol. The fourth-order valence-electron chi connectivity index (χ4n) is 3.99. The van der Waals surface area contributed by atoms with Crippen molar-refractivity contribution < 1.29 is 13.2 Å². The molecule has 1 amide bonds. The molecule has 0 aliphatic carbocycles. The number of thiophene rings is 1. The molecule has 0 aromatic carbocycles. The largest absolute Gasteiger partial charge is 0.351 e. The lowest BCUT2D eigenvalue weighted by atomic mass is 10.0. The Morgan fingerprint density at radius 3 is 2.74 bits per heavy atom. The molecule has 2 aliphatic heterocycles. The SMILES string of the molecule is CC1CCCN(CCCNC(=O)c2sccc2S(=O)(=O)N2CCCCC2)C1. The lowest BCUT2D eigenvalue weighted by Crippen LogP contribution is -2.37. The van der Waals surface area contributed by atoms with Gasteiger partial charge in [-0.1, -0.05) is 13.3 Å². The van der Waals surface area contributed by atoms with E-state index in [9.17, 15) is 13.2 Å². The van der Waals surface area contributed by atoms with Crippen molar-refractivity contribution in [3.63, 3.8) is 0 Å². The summed E-state index contributed by atoms with van der Waals surface area (Å²) >= 11 is 1.21. The Hall–Kier alpha value is -0.960. The van der Waals surface area contributed by atoms with E-state index in [1.165, 1.54) is 28.5 Å². The number of amides is 1. The molecule has 1 aromatic rings. The summed E-state index contributed by atoms with van der Waals surface area (Å²) in [6.45, 7) is 7.22. The zero-order valence-electron chi connectivity index (χ0n) is 16.2. The first-order chi connectivity index (χ1) is 13.0. The van der Waals surface area contributed by atoms with Crippen molar-refractivity contribution in [2.75, 3.05) is 39.3 Å². The molecule has 0 spiro atoms. The summed E-state index contributed by atoms with van der Waals surface area (Å²) in [5.41, 5.74) is 0. The van der Waals surface area contributed by atoms with Crippen molar-refractivity contribution in [1.29, 1.82) is 0 Å². The molecular weight excluding hydrogens is 382 g/mol. The molecule has 1 unspecified atom stereocenters. The van der Waals surface area contributed by atoms with Gasteiger partial charge in [-0.25, -0.2) is 8.42 Å². The van der Waals surface area contributed by atoms with Gasteiger partial charge in [0.05, 0.1) is 0 Å². The van der Waals surface area contributed by atoms with Crippen molar-refractivity contribution in [3.05, 3.63) is 16.3 Å². The van der Waals surface area contributed by atoms with E-state index in [0.717, 1.165) is 51.2 Å². The lowest BCUT2D eigenvalue weighted by Gasteiger charge is -2.30. The normalized spacial score (nSPS) is 22.6. The van der Waals surface area contributed by atoms with Crippen molar-refractivity contribution in [3.8, 4) is 0 Å². The summed E-state index contributed by atoms with van der Waals surface area (Å²) in [6, 6.07) is 1.57. The molecule has 0 radical (unpaired) electrons. The number of carbonyl (C=O) groups excluding carboxylic acids is 1. The number of carbonyl (C=O) groups is 1. The van der Waals surface area contributed by atoms with Gasteiger partial charge in [0.25, 0.3) is 5.91 Å². The highest BCUT2D eigenvalue weighted by Gasteiger charge is 2.30. The van der Waals surface area contributed by atoms with Gasteiger partial charge in [0.1, 0.15) is 9.77 Å². The van der Waals surface area contributed by atoms with Gasteiger partial charge in [0.2, 0.25) is 10.0 Å². The second-order valence-electron chi connectivity index (χ2n) is 7.74. The predicted molar refractivity (Wildman–Crippen MR) is 109 cm³/mol. The smallest absolute Gasteiger partial charge is 0.262 e. The molecule has 2 aliphatic rings. The van der Waals surface area contributed by atoms with E-state index in [1.807, 2.05) is 0 Å². The van der Waals surface area contributed by atoms with E-state index in [4.69, 9.17) is 0 Å². The molecule has 6 nitrogen and oxygen atoms in total. The minimum atomic E-state index is -3.57. The number of nitrogens with zero attached hydrogens (tertiary/aromatic N) is 2. The average Bonchev–Trinajstić information content (AvgIpc) is 3.17. The first-order valence-corrected chi connectivity index (χ1v) is 12.4. The fourth-order valence-corrected chi connectivity index (χ4v) is 6.82. The zero-order valence-corrected chi connectivity index (χ0v) is 17.8. The summed E-state index contributed by atoms with van der Waals surface area (Å²) < 4.78 is 27.3. The topological polar surface area (TPSA) is 69.7 Å². The van der Waals surface area contributed by atoms with E-state index in [2.05, 4.69) is 17.1 Å². The van der Waals surface area contributed by atoms with Gasteiger partial charge in [-0.3, -0.25) is 4.79 Å². The maximum Gasteiger partial charge on any atom is 0.262 e. The molecular formula is C19H31N3O3S2. The Labute approximate surface area is 167 Å². The predicted octanol–water partition coefficient (Wildman–Crippen LogP) is 2.77. The highest BCUT2D eigenvalue weighted by molar-refractivity contribution is 7.89. The van der Waals surface area contributed by atoms with E-state index >= 15 is 0 Å². The van der Waals surface area contributed by atoms with Crippen LogP contribution in [0.25, 0.3) is 0 Å².